The van der Waals surface area contributed by atoms with Crippen LogP contribution in [0.2, 0.25) is 0 Å². The highest BCUT2D eigenvalue weighted by Gasteiger charge is 2.44. The molecule has 1 atom stereocenters. The molecule has 0 saturated carbocycles. The lowest BCUT2D eigenvalue weighted by Gasteiger charge is -2.47. The van der Waals surface area contributed by atoms with Gasteiger partial charge in [-0.15, -0.1) is 0 Å². The summed E-state index contributed by atoms with van der Waals surface area (Å²) in [6.45, 7) is 2.90. The minimum Gasteiger partial charge on any atom is -0.361 e. The van der Waals surface area contributed by atoms with Gasteiger partial charge in [-0.3, -0.25) is 9.59 Å². The third-order valence-corrected chi connectivity index (χ3v) is 5.20. The van der Waals surface area contributed by atoms with Crippen molar-refractivity contribution in [2.24, 2.45) is 0 Å². The van der Waals surface area contributed by atoms with E-state index in [0.29, 0.717) is 44.6 Å². The zero-order valence-corrected chi connectivity index (χ0v) is 15.6. The van der Waals surface area contributed by atoms with Crippen molar-refractivity contribution in [3.8, 4) is 0 Å². The molecule has 0 aromatic heterocycles. The number of Topliss-reactive ketones (excluding diaryl/α,β-unsaturated/α-hetero) is 1. The maximum atomic E-state index is 13.2. The molecular formula is C20H25FN2O4. The third kappa shape index (κ3) is 4.71. The Labute approximate surface area is 158 Å². The lowest BCUT2D eigenvalue weighted by Crippen LogP contribution is -2.62. The maximum Gasteiger partial charge on any atom is 0.253 e. The van der Waals surface area contributed by atoms with Crippen molar-refractivity contribution in [1.82, 2.24) is 4.90 Å². The van der Waals surface area contributed by atoms with E-state index in [9.17, 15) is 18.8 Å². The summed E-state index contributed by atoms with van der Waals surface area (Å²) < 4.78 is 19.1. The molecule has 0 radical (unpaired) electrons. The Morgan fingerprint density at radius 2 is 1.93 bits per heavy atom. The number of ketones is 1. The van der Waals surface area contributed by atoms with E-state index in [1.165, 1.54) is 19.1 Å². The number of amides is 2. The quantitative estimate of drug-likeness (QED) is 0.791. The maximum absolute atomic E-state index is 13.2. The minimum absolute atomic E-state index is 0.0177. The molecular weight excluding hydrogens is 351 g/mol. The van der Waals surface area contributed by atoms with Crippen LogP contribution in [0, 0.1) is 5.82 Å². The van der Waals surface area contributed by atoms with E-state index in [1.807, 2.05) is 0 Å². The lowest BCUT2D eigenvalue weighted by atomic mass is 9.90. The molecule has 1 aromatic carbocycles. The highest BCUT2D eigenvalue weighted by Crippen LogP contribution is 2.32. The molecule has 0 aliphatic carbocycles. The Hall–Kier alpha value is -2.28. The molecule has 1 aromatic rings. The summed E-state index contributed by atoms with van der Waals surface area (Å²) in [6, 6.07) is 5.83. The second-order valence-electron chi connectivity index (χ2n) is 7.40. The molecule has 7 heteroatoms. The van der Waals surface area contributed by atoms with Gasteiger partial charge in [-0.25, -0.2) is 4.39 Å². The van der Waals surface area contributed by atoms with Crippen LogP contribution in [-0.4, -0.2) is 54.3 Å². The Balaban J connectivity index is 1.67. The standard InChI is InChI=1S/C20H25FN2O4/c1-15(24)4-2-5-18(25)22-11-3-10-20(13-22)14-23(19(26)12-27-20)17-8-6-16(21)7-9-17/h6-9H,2-5,10-14H2,1H3. The molecule has 3 rings (SSSR count). The van der Waals surface area contributed by atoms with Crippen LogP contribution in [0.25, 0.3) is 0 Å². The summed E-state index contributed by atoms with van der Waals surface area (Å²) in [4.78, 5) is 39.3. The van der Waals surface area contributed by atoms with Crippen molar-refractivity contribution >= 4 is 23.3 Å². The first-order valence-corrected chi connectivity index (χ1v) is 9.36. The molecule has 146 valence electrons. The average molecular weight is 376 g/mol. The van der Waals surface area contributed by atoms with Gasteiger partial charge in [0, 0.05) is 25.1 Å². The number of halogens is 1. The van der Waals surface area contributed by atoms with Crippen LogP contribution >= 0.6 is 0 Å². The van der Waals surface area contributed by atoms with Gasteiger partial charge in [-0.2, -0.15) is 0 Å². The van der Waals surface area contributed by atoms with Gasteiger partial charge in [0.15, 0.2) is 0 Å². The Kier molecular flexibility index (Phi) is 5.89. The molecule has 0 N–H and O–H groups in total. The molecule has 2 aliphatic rings. The SMILES string of the molecule is CC(=O)CCCC(=O)N1CCCC2(C1)CN(c1ccc(F)cc1)C(=O)CO2. The number of nitrogens with zero attached hydrogens (tertiary/aromatic N) is 2. The van der Waals surface area contributed by atoms with Crippen LogP contribution in [0.15, 0.2) is 24.3 Å². The fraction of sp³-hybridized carbons (Fsp3) is 0.550. The van der Waals surface area contributed by atoms with E-state index in [4.69, 9.17) is 4.74 Å². The van der Waals surface area contributed by atoms with Gasteiger partial charge in [0.2, 0.25) is 5.91 Å². The van der Waals surface area contributed by atoms with Gasteiger partial charge in [-0.05, 0) is 50.5 Å². The van der Waals surface area contributed by atoms with Gasteiger partial charge >= 0.3 is 0 Å². The number of hydrogen-bond acceptors (Lipinski definition) is 4. The number of ether oxygens (including phenoxy) is 1. The summed E-state index contributed by atoms with van der Waals surface area (Å²) in [7, 11) is 0. The Morgan fingerprint density at radius 1 is 1.19 bits per heavy atom. The van der Waals surface area contributed by atoms with E-state index < -0.39 is 5.60 Å². The van der Waals surface area contributed by atoms with Crippen LogP contribution in [0.1, 0.15) is 39.0 Å². The van der Waals surface area contributed by atoms with Gasteiger partial charge in [-0.1, -0.05) is 0 Å². The number of rotatable bonds is 5. The third-order valence-electron chi connectivity index (χ3n) is 5.20. The summed E-state index contributed by atoms with van der Waals surface area (Å²) in [6.07, 6.45) is 2.86. The van der Waals surface area contributed by atoms with Crippen LogP contribution < -0.4 is 4.90 Å². The topological polar surface area (TPSA) is 66.9 Å². The van der Waals surface area contributed by atoms with Crippen LogP contribution in [0.3, 0.4) is 0 Å². The second kappa shape index (κ2) is 8.17. The molecule has 2 saturated heterocycles. The number of benzene rings is 1. The molecule has 2 heterocycles. The van der Waals surface area contributed by atoms with Gasteiger partial charge in [0.25, 0.3) is 5.91 Å². The number of likely N-dealkylation sites (tertiary alicyclic amines) is 1. The van der Waals surface area contributed by atoms with Gasteiger partial charge in [0.05, 0.1) is 13.1 Å². The van der Waals surface area contributed by atoms with Crippen molar-refractivity contribution in [2.75, 3.05) is 31.1 Å². The molecule has 0 bridgehead atoms. The molecule has 2 aliphatic heterocycles. The van der Waals surface area contributed by atoms with Crippen molar-refractivity contribution < 1.29 is 23.5 Å². The molecule has 6 nitrogen and oxygen atoms in total. The fourth-order valence-corrected chi connectivity index (χ4v) is 3.78. The van der Waals surface area contributed by atoms with Crippen LogP contribution in [0.5, 0.6) is 0 Å². The van der Waals surface area contributed by atoms with Crippen LogP contribution in [-0.2, 0) is 19.1 Å². The van der Waals surface area contributed by atoms with E-state index >= 15 is 0 Å². The summed E-state index contributed by atoms with van der Waals surface area (Å²) in [5, 5.41) is 0. The highest BCUT2D eigenvalue weighted by atomic mass is 19.1. The average Bonchev–Trinajstić information content (AvgIpc) is 2.64. The zero-order chi connectivity index (χ0) is 19.4. The predicted molar refractivity (Wildman–Crippen MR) is 97.8 cm³/mol. The van der Waals surface area contributed by atoms with Gasteiger partial charge < -0.3 is 19.3 Å². The molecule has 1 spiro atoms. The van der Waals surface area contributed by atoms with E-state index in [-0.39, 0.29) is 30.0 Å². The molecule has 1 unspecified atom stereocenters. The fourth-order valence-electron chi connectivity index (χ4n) is 3.78. The molecule has 27 heavy (non-hydrogen) atoms. The number of morpholine rings is 1. The second-order valence-corrected chi connectivity index (χ2v) is 7.40. The first-order chi connectivity index (χ1) is 12.9. The molecule has 2 fully saturated rings. The van der Waals surface area contributed by atoms with E-state index in [2.05, 4.69) is 0 Å². The zero-order valence-electron chi connectivity index (χ0n) is 15.6. The molecule has 2 amide bonds. The largest absolute Gasteiger partial charge is 0.361 e. The van der Waals surface area contributed by atoms with Crippen molar-refractivity contribution in [3.63, 3.8) is 0 Å². The van der Waals surface area contributed by atoms with Crippen LogP contribution in [0.4, 0.5) is 10.1 Å². The number of anilines is 1. The minimum atomic E-state index is -0.600. The summed E-state index contributed by atoms with van der Waals surface area (Å²) in [5.41, 5.74) is 0.0329. The number of carbonyl (C=O) groups excluding carboxylic acids is 3. The monoisotopic (exact) mass is 376 g/mol. The van der Waals surface area contributed by atoms with E-state index in [0.717, 1.165) is 12.8 Å². The number of piperidine rings is 1. The first-order valence-electron chi connectivity index (χ1n) is 9.36. The van der Waals surface area contributed by atoms with Gasteiger partial charge in [0.1, 0.15) is 23.8 Å². The Bertz CT molecular complexity index is 721. The first kappa shape index (κ1) is 19.5. The van der Waals surface area contributed by atoms with Crippen molar-refractivity contribution in [2.45, 2.75) is 44.6 Å². The predicted octanol–water partition coefficient (Wildman–Crippen LogP) is 2.31. The number of hydrogen-bond donors (Lipinski definition) is 0. The Morgan fingerprint density at radius 3 is 2.63 bits per heavy atom. The van der Waals surface area contributed by atoms with E-state index in [1.54, 1.807) is 21.9 Å². The van der Waals surface area contributed by atoms with Crippen molar-refractivity contribution in [3.05, 3.63) is 30.1 Å². The highest BCUT2D eigenvalue weighted by molar-refractivity contribution is 5.95. The summed E-state index contributed by atoms with van der Waals surface area (Å²) in [5.74, 6) is -0.419. The summed E-state index contributed by atoms with van der Waals surface area (Å²) >= 11 is 0. The number of carbonyl (C=O) groups is 3. The smallest absolute Gasteiger partial charge is 0.253 e. The normalized spacial score (nSPS) is 23.0. The van der Waals surface area contributed by atoms with Crippen molar-refractivity contribution in [1.29, 1.82) is 0 Å². The lowest BCUT2D eigenvalue weighted by molar-refractivity contribution is -0.153.